The molecule has 2 fully saturated rings. The molecule has 2 heterocycles. The van der Waals surface area contributed by atoms with Crippen LogP contribution in [-0.2, 0) is 4.74 Å². The molecule has 2 nitrogen and oxygen atoms in total. The van der Waals surface area contributed by atoms with Gasteiger partial charge in [-0.3, -0.25) is 0 Å². The standard InChI is InChI=1S/C7H12NO/c1-2-8-3-7-5-9-4-6(1)7/h4,6-8H,1-3,5H2. The monoisotopic (exact) mass is 126 g/mol. The summed E-state index contributed by atoms with van der Waals surface area (Å²) in [5.41, 5.74) is 0. The van der Waals surface area contributed by atoms with Crippen molar-refractivity contribution in [3.8, 4) is 0 Å². The van der Waals surface area contributed by atoms with E-state index in [-0.39, 0.29) is 0 Å². The zero-order chi connectivity index (χ0) is 6.10. The topological polar surface area (TPSA) is 21.3 Å². The molecule has 0 aliphatic carbocycles. The van der Waals surface area contributed by atoms with Crippen LogP contribution in [0.4, 0.5) is 0 Å². The molecule has 0 spiro atoms. The fourth-order valence-corrected chi connectivity index (χ4v) is 1.61. The first-order valence-electron chi connectivity index (χ1n) is 3.62. The Morgan fingerprint density at radius 1 is 1.56 bits per heavy atom. The fraction of sp³-hybridized carbons (Fsp3) is 0.857. The Hall–Kier alpha value is -0.0800. The highest BCUT2D eigenvalue weighted by molar-refractivity contribution is 4.87. The summed E-state index contributed by atoms with van der Waals surface area (Å²) in [5.74, 6) is 1.53. The highest BCUT2D eigenvalue weighted by Crippen LogP contribution is 2.28. The van der Waals surface area contributed by atoms with Gasteiger partial charge in [0.05, 0.1) is 13.2 Å². The zero-order valence-electron chi connectivity index (χ0n) is 5.47. The molecule has 0 saturated carbocycles. The Morgan fingerprint density at radius 2 is 2.56 bits per heavy atom. The molecular formula is C7H12NO. The molecule has 2 heteroatoms. The van der Waals surface area contributed by atoms with Crippen LogP contribution >= 0.6 is 0 Å². The van der Waals surface area contributed by atoms with Crippen LogP contribution in [0.3, 0.4) is 0 Å². The molecule has 0 bridgehead atoms. The van der Waals surface area contributed by atoms with Crippen LogP contribution in [0.5, 0.6) is 0 Å². The van der Waals surface area contributed by atoms with Crippen LogP contribution < -0.4 is 5.32 Å². The van der Waals surface area contributed by atoms with Crippen molar-refractivity contribution in [2.45, 2.75) is 6.42 Å². The van der Waals surface area contributed by atoms with Gasteiger partial charge in [-0.1, -0.05) is 0 Å². The van der Waals surface area contributed by atoms with E-state index in [9.17, 15) is 0 Å². The van der Waals surface area contributed by atoms with Gasteiger partial charge in [-0.2, -0.15) is 0 Å². The van der Waals surface area contributed by atoms with Gasteiger partial charge in [0.15, 0.2) is 0 Å². The van der Waals surface area contributed by atoms with Crippen molar-refractivity contribution >= 4 is 0 Å². The minimum Gasteiger partial charge on any atom is -0.375 e. The van der Waals surface area contributed by atoms with Gasteiger partial charge in [0.25, 0.3) is 0 Å². The molecule has 0 aromatic rings. The Morgan fingerprint density at radius 3 is 3.44 bits per heavy atom. The minimum atomic E-state index is 0.756. The number of fused-ring (bicyclic) bond motifs is 1. The van der Waals surface area contributed by atoms with E-state index in [1.54, 1.807) is 0 Å². The van der Waals surface area contributed by atoms with Gasteiger partial charge in [-0.25, -0.2) is 0 Å². The molecular weight excluding hydrogens is 114 g/mol. The van der Waals surface area contributed by atoms with Crippen molar-refractivity contribution < 1.29 is 4.74 Å². The Kier molecular flexibility index (Phi) is 1.44. The van der Waals surface area contributed by atoms with Gasteiger partial charge >= 0.3 is 0 Å². The van der Waals surface area contributed by atoms with E-state index >= 15 is 0 Å². The Labute approximate surface area is 55.6 Å². The summed E-state index contributed by atoms with van der Waals surface area (Å²) in [6, 6.07) is 0. The van der Waals surface area contributed by atoms with Crippen LogP contribution in [0.2, 0.25) is 0 Å². The molecule has 2 aliphatic heterocycles. The number of hydrogen-bond acceptors (Lipinski definition) is 2. The summed E-state index contributed by atoms with van der Waals surface area (Å²) in [7, 11) is 0. The molecule has 2 saturated heterocycles. The smallest absolute Gasteiger partial charge is 0.0872 e. The average molecular weight is 126 g/mol. The van der Waals surface area contributed by atoms with Gasteiger partial charge in [0, 0.05) is 12.5 Å². The maximum Gasteiger partial charge on any atom is 0.0872 e. The number of piperidine rings is 1. The first-order chi connectivity index (χ1) is 4.47. The third-order valence-electron chi connectivity index (χ3n) is 2.25. The molecule has 1 radical (unpaired) electrons. The van der Waals surface area contributed by atoms with Gasteiger partial charge in [0.2, 0.25) is 0 Å². The molecule has 2 unspecified atom stereocenters. The van der Waals surface area contributed by atoms with Crippen molar-refractivity contribution in [2.75, 3.05) is 19.7 Å². The van der Waals surface area contributed by atoms with Crippen LogP contribution in [-0.4, -0.2) is 19.7 Å². The summed E-state index contributed by atoms with van der Waals surface area (Å²) in [6.45, 7) is 5.28. The summed E-state index contributed by atoms with van der Waals surface area (Å²) in [6.07, 6.45) is 1.27. The van der Waals surface area contributed by atoms with Crippen LogP contribution in [0.1, 0.15) is 6.42 Å². The lowest BCUT2D eigenvalue weighted by molar-refractivity contribution is 0.232. The van der Waals surface area contributed by atoms with Gasteiger partial charge in [-0.15, -0.1) is 0 Å². The zero-order valence-corrected chi connectivity index (χ0v) is 5.47. The van der Waals surface area contributed by atoms with Crippen molar-refractivity contribution in [1.29, 1.82) is 0 Å². The third-order valence-corrected chi connectivity index (χ3v) is 2.25. The fourth-order valence-electron chi connectivity index (χ4n) is 1.61. The SMILES string of the molecule is [CH]1OCC2CNCCC12. The van der Waals surface area contributed by atoms with E-state index in [4.69, 9.17) is 4.74 Å². The normalized spacial score (nSPS) is 42.7. The molecule has 2 atom stereocenters. The van der Waals surface area contributed by atoms with E-state index in [2.05, 4.69) is 5.32 Å². The van der Waals surface area contributed by atoms with Gasteiger partial charge in [0.1, 0.15) is 0 Å². The van der Waals surface area contributed by atoms with E-state index in [0.717, 1.165) is 25.0 Å². The summed E-state index contributed by atoms with van der Waals surface area (Å²) >= 11 is 0. The first-order valence-corrected chi connectivity index (χ1v) is 3.62. The Bertz CT molecular complexity index is 93.1. The number of hydrogen-bond donors (Lipinski definition) is 1. The highest BCUT2D eigenvalue weighted by atomic mass is 16.5. The van der Waals surface area contributed by atoms with E-state index in [1.807, 2.05) is 6.61 Å². The van der Waals surface area contributed by atoms with E-state index in [0.29, 0.717) is 0 Å². The summed E-state index contributed by atoms with van der Waals surface area (Å²) in [4.78, 5) is 0. The van der Waals surface area contributed by atoms with Crippen LogP contribution in [0.15, 0.2) is 0 Å². The molecule has 2 rings (SSSR count). The van der Waals surface area contributed by atoms with Crippen molar-refractivity contribution in [3.63, 3.8) is 0 Å². The first kappa shape index (κ1) is 5.69. The van der Waals surface area contributed by atoms with Gasteiger partial charge < -0.3 is 10.1 Å². The number of ether oxygens (including phenoxy) is 1. The lowest BCUT2D eigenvalue weighted by Gasteiger charge is -2.23. The quantitative estimate of drug-likeness (QED) is 0.507. The molecule has 2 aliphatic rings. The van der Waals surface area contributed by atoms with Crippen molar-refractivity contribution in [3.05, 3.63) is 6.61 Å². The molecule has 0 amide bonds. The third kappa shape index (κ3) is 0.970. The molecule has 0 aromatic carbocycles. The molecule has 1 N–H and O–H groups in total. The van der Waals surface area contributed by atoms with Crippen molar-refractivity contribution in [1.82, 2.24) is 5.32 Å². The molecule has 9 heavy (non-hydrogen) atoms. The van der Waals surface area contributed by atoms with Gasteiger partial charge in [-0.05, 0) is 18.9 Å². The maximum absolute atomic E-state index is 5.23. The van der Waals surface area contributed by atoms with Crippen molar-refractivity contribution in [2.24, 2.45) is 11.8 Å². The predicted molar refractivity (Wildman–Crippen MR) is 34.7 cm³/mol. The average Bonchev–Trinajstić information content (AvgIpc) is 2.33. The lowest BCUT2D eigenvalue weighted by Crippen LogP contribution is -2.34. The second-order valence-corrected chi connectivity index (χ2v) is 2.89. The highest BCUT2D eigenvalue weighted by Gasteiger charge is 2.30. The Balaban J connectivity index is 1.97. The number of nitrogens with one attached hydrogen (secondary N) is 1. The second kappa shape index (κ2) is 2.27. The second-order valence-electron chi connectivity index (χ2n) is 2.89. The molecule has 51 valence electrons. The van der Waals surface area contributed by atoms with E-state index in [1.165, 1.54) is 13.0 Å². The predicted octanol–water partition coefficient (Wildman–Crippen LogP) is 0.404. The molecule has 0 aromatic heterocycles. The van der Waals surface area contributed by atoms with Crippen LogP contribution in [0.25, 0.3) is 0 Å². The summed E-state index contributed by atoms with van der Waals surface area (Å²) < 4.78 is 5.23. The van der Waals surface area contributed by atoms with Crippen LogP contribution in [0, 0.1) is 18.4 Å². The largest absolute Gasteiger partial charge is 0.375 e. The lowest BCUT2D eigenvalue weighted by atomic mass is 9.90. The van der Waals surface area contributed by atoms with E-state index < -0.39 is 0 Å². The summed E-state index contributed by atoms with van der Waals surface area (Å²) in [5, 5.41) is 3.36. The number of rotatable bonds is 0. The maximum atomic E-state index is 5.23. The minimum absolute atomic E-state index is 0.756.